The second-order valence-corrected chi connectivity index (χ2v) is 12.7. The second-order valence-electron chi connectivity index (χ2n) is 8.25. The summed E-state index contributed by atoms with van der Waals surface area (Å²) in [5.74, 6) is 0.348. The van der Waals surface area contributed by atoms with E-state index in [9.17, 15) is 13.0 Å². The molecule has 2 aliphatic carbocycles. The Morgan fingerprint density at radius 1 is 1.19 bits per heavy atom. The molecule has 1 aromatic heterocycles. The smallest absolute Gasteiger partial charge is 0.268 e. The summed E-state index contributed by atoms with van der Waals surface area (Å²) in [5.41, 5.74) is 3.75. The number of fused-ring (bicyclic) bond motifs is 2. The molecule has 0 spiro atoms. The van der Waals surface area contributed by atoms with E-state index in [1.54, 1.807) is 23.1 Å². The molecule has 1 aromatic carbocycles. The maximum Gasteiger partial charge on any atom is 0.268 e. The summed E-state index contributed by atoms with van der Waals surface area (Å²) in [6.45, 7) is 1.24. The third-order valence-electron chi connectivity index (χ3n) is 6.38. The number of rotatable bonds is 10. The van der Waals surface area contributed by atoms with Gasteiger partial charge in [0.1, 0.15) is 0 Å². The third-order valence-corrected chi connectivity index (χ3v) is 10.3. The number of hydrogen-bond acceptors (Lipinski definition) is 10. The van der Waals surface area contributed by atoms with Crippen molar-refractivity contribution in [1.29, 1.82) is 0 Å². The van der Waals surface area contributed by atoms with Crippen molar-refractivity contribution in [3.05, 3.63) is 18.2 Å². The summed E-state index contributed by atoms with van der Waals surface area (Å²) < 4.78 is 40.5. The highest BCUT2D eigenvalue weighted by molar-refractivity contribution is 8.00. The number of nitrogens with one attached hydrogen (secondary N) is 2. The molecule has 0 aliphatic heterocycles. The van der Waals surface area contributed by atoms with E-state index in [1.807, 2.05) is 24.5 Å². The molecule has 2 aromatic rings. The molecule has 4 unspecified atom stereocenters. The lowest BCUT2D eigenvalue weighted by Gasteiger charge is -2.44. The minimum absolute atomic E-state index is 0.0518. The average Bonchev–Trinajstić information content (AvgIpc) is 3.20. The summed E-state index contributed by atoms with van der Waals surface area (Å²) in [7, 11) is -3.97. The maximum absolute atomic E-state index is 11.8. The number of thioether (sulfide) groups is 1. The Morgan fingerprint density at radius 3 is 2.81 bits per heavy atom. The number of thiazole rings is 1. The molecule has 0 saturated heterocycles. The maximum atomic E-state index is 11.8. The number of benzene rings is 1. The molecule has 8 nitrogen and oxygen atoms in total. The van der Waals surface area contributed by atoms with E-state index < -0.39 is 15.4 Å². The van der Waals surface area contributed by atoms with Gasteiger partial charge in [0.25, 0.3) is 10.1 Å². The van der Waals surface area contributed by atoms with Crippen LogP contribution in [0.15, 0.2) is 27.4 Å². The van der Waals surface area contributed by atoms with Gasteiger partial charge in [-0.15, -0.1) is 20.7 Å². The van der Waals surface area contributed by atoms with Gasteiger partial charge in [-0.3, -0.25) is 4.55 Å². The van der Waals surface area contributed by atoms with Gasteiger partial charge in [0.05, 0.1) is 27.5 Å². The molecule has 4 atom stereocenters. The lowest BCUT2D eigenvalue weighted by atomic mass is 9.68. The van der Waals surface area contributed by atoms with Crippen LogP contribution in [-0.4, -0.2) is 48.6 Å². The number of hydroxylamine groups is 1. The van der Waals surface area contributed by atoms with Crippen LogP contribution in [0.1, 0.15) is 38.5 Å². The molecule has 3 N–H and O–H groups in total. The van der Waals surface area contributed by atoms with Crippen molar-refractivity contribution in [2.24, 2.45) is 11.8 Å². The molecule has 2 fully saturated rings. The first-order valence-electron chi connectivity index (χ1n) is 10.8. The molecule has 2 aliphatic rings. The van der Waals surface area contributed by atoms with Crippen LogP contribution >= 0.6 is 35.1 Å². The van der Waals surface area contributed by atoms with Crippen LogP contribution in [-0.2, 0) is 19.4 Å². The Morgan fingerprint density at radius 2 is 2.00 bits per heavy atom. The van der Waals surface area contributed by atoms with Crippen molar-refractivity contribution in [3.63, 3.8) is 0 Å². The molecule has 1 heterocycles. The van der Waals surface area contributed by atoms with Gasteiger partial charge in [0.2, 0.25) is 0 Å². The van der Waals surface area contributed by atoms with Crippen molar-refractivity contribution in [3.8, 4) is 0 Å². The number of nitrogens with zero attached hydrogens (tertiary/aromatic N) is 1. The molecule has 2 saturated carbocycles. The zero-order valence-electron chi connectivity index (χ0n) is 17.9. The van der Waals surface area contributed by atoms with E-state index >= 15 is 0 Å². The molecule has 0 amide bonds. The van der Waals surface area contributed by atoms with Gasteiger partial charge in [0, 0.05) is 24.0 Å². The van der Waals surface area contributed by atoms with Crippen LogP contribution in [0, 0.1) is 11.8 Å². The van der Waals surface area contributed by atoms with Crippen LogP contribution in [0.25, 0.3) is 10.2 Å². The summed E-state index contributed by atoms with van der Waals surface area (Å²) in [5, 5.41) is 2.94. The van der Waals surface area contributed by atoms with Crippen molar-refractivity contribution >= 4 is 55.5 Å². The van der Waals surface area contributed by atoms with Gasteiger partial charge >= 0.3 is 0 Å². The van der Waals surface area contributed by atoms with Gasteiger partial charge < -0.3 is 5.32 Å². The molecule has 32 heavy (non-hydrogen) atoms. The predicted molar refractivity (Wildman–Crippen MR) is 129 cm³/mol. The zero-order valence-corrected chi connectivity index (χ0v) is 21.1. The zero-order chi connectivity index (χ0) is 22.6. The number of hydrogen-bond donors (Lipinski definition) is 3. The van der Waals surface area contributed by atoms with Crippen LogP contribution in [0.2, 0.25) is 0 Å². The Bertz CT molecular complexity index is 1000. The number of aromatic nitrogens is 1. The van der Waals surface area contributed by atoms with E-state index in [4.69, 9.17) is 9.32 Å². The third kappa shape index (κ3) is 6.16. The van der Waals surface area contributed by atoms with Crippen molar-refractivity contribution < 1.29 is 22.3 Å². The monoisotopic (exact) mass is 519 g/mol. The van der Waals surface area contributed by atoms with E-state index in [0.29, 0.717) is 25.4 Å². The molecule has 0 radical (unpaired) electrons. The summed E-state index contributed by atoms with van der Waals surface area (Å²) in [6.07, 6.45) is 7.35. The fraction of sp³-hybridized carbons (Fsp3) is 0.650. The SMILES string of the molecule is CSc1nc2cc(SOONCCNC3CCCC4C3CCCC4S(=O)(=O)O)ccc2s1. The first-order valence-corrected chi connectivity index (χ1v) is 15.1. The van der Waals surface area contributed by atoms with Crippen molar-refractivity contribution in [2.45, 2.75) is 59.1 Å². The Kier molecular flexibility index (Phi) is 8.73. The van der Waals surface area contributed by atoms with Gasteiger partial charge in [-0.1, -0.05) is 24.6 Å². The quantitative estimate of drug-likeness (QED) is 0.105. The van der Waals surface area contributed by atoms with Crippen LogP contribution in [0.3, 0.4) is 0 Å². The summed E-state index contributed by atoms with van der Waals surface area (Å²) in [6, 6.07) is 6.26. The fourth-order valence-corrected chi connectivity index (χ4v) is 8.18. The lowest BCUT2D eigenvalue weighted by Crippen LogP contribution is -2.50. The van der Waals surface area contributed by atoms with Gasteiger partial charge in [0.15, 0.2) is 4.34 Å². The largest absolute Gasteiger partial charge is 0.312 e. The molecular weight excluding hydrogens is 491 g/mol. The van der Waals surface area contributed by atoms with E-state index in [2.05, 4.69) is 15.8 Å². The van der Waals surface area contributed by atoms with Crippen LogP contribution in [0.5, 0.6) is 0 Å². The fourth-order valence-electron chi connectivity index (χ4n) is 5.02. The second kappa shape index (κ2) is 11.3. The highest BCUT2D eigenvalue weighted by Crippen LogP contribution is 2.43. The van der Waals surface area contributed by atoms with E-state index in [0.717, 1.165) is 63.6 Å². The van der Waals surface area contributed by atoms with Crippen molar-refractivity contribution in [1.82, 2.24) is 15.8 Å². The standard InChI is InChI=1S/C20H29N3O5S4/c1-29-20-23-17-12-13(8-9-18(17)30-20)31-28-27-22-11-10-21-16-6-2-5-15-14(16)4-3-7-19(15)32(24,25)26/h8-9,12,14-16,19,21-22H,2-7,10-11H2,1H3,(H,24,25,26). The van der Waals surface area contributed by atoms with Gasteiger partial charge in [-0.05, 0) is 62.0 Å². The average molecular weight is 520 g/mol. The Balaban J connectivity index is 1.16. The molecule has 4 rings (SSSR count). The normalized spacial score (nSPS) is 26.3. The van der Waals surface area contributed by atoms with Crippen LogP contribution < -0.4 is 10.8 Å². The highest BCUT2D eigenvalue weighted by atomic mass is 32.2. The van der Waals surface area contributed by atoms with E-state index in [1.165, 1.54) is 0 Å². The highest BCUT2D eigenvalue weighted by Gasteiger charge is 2.44. The molecule has 0 bridgehead atoms. The topological polar surface area (TPSA) is 110 Å². The molecule has 178 valence electrons. The minimum Gasteiger partial charge on any atom is -0.312 e. The van der Waals surface area contributed by atoms with Gasteiger partial charge in [-0.25, -0.2) is 4.98 Å². The predicted octanol–water partition coefficient (Wildman–Crippen LogP) is 4.29. The summed E-state index contributed by atoms with van der Waals surface area (Å²) >= 11 is 4.44. The molecule has 12 heteroatoms. The minimum atomic E-state index is -3.97. The lowest BCUT2D eigenvalue weighted by molar-refractivity contribution is -0.244. The van der Waals surface area contributed by atoms with Gasteiger partial charge in [-0.2, -0.15) is 13.9 Å². The van der Waals surface area contributed by atoms with E-state index in [-0.39, 0.29) is 12.0 Å². The van der Waals surface area contributed by atoms with Crippen LogP contribution in [0.4, 0.5) is 0 Å². The Labute approximate surface area is 201 Å². The van der Waals surface area contributed by atoms with Crippen molar-refractivity contribution in [2.75, 3.05) is 19.3 Å². The molecular formula is C20H29N3O5S4. The Hall–Kier alpha value is -0.440. The first kappa shape index (κ1) is 24.7. The first-order chi connectivity index (χ1) is 15.5. The summed E-state index contributed by atoms with van der Waals surface area (Å²) in [4.78, 5) is 10.5.